The molecule has 1 heterocycles. The quantitative estimate of drug-likeness (QED) is 0.259. The van der Waals surface area contributed by atoms with Crippen molar-refractivity contribution in [1.82, 2.24) is 19.8 Å². The molecule has 0 bridgehead atoms. The van der Waals surface area contributed by atoms with Crippen molar-refractivity contribution in [2.45, 2.75) is 39.8 Å². The Labute approximate surface area is 220 Å². The molecule has 0 radical (unpaired) electrons. The van der Waals surface area contributed by atoms with Gasteiger partial charge in [0.25, 0.3) is 0 Å². The minimum Gasteiger partial charge on any atom is -0.465 e. The van der Waals surface area contributed by atoms with Crippen molar-refractivity contribution in [2.75, 3.05) is 19.0 Å². The van der Waals surface area contributed by atoms with E-state index in [0.717, 1.165) is 23.8 Å². The number of hydrogen-bond acceptors (Lipinski definition) is 3. The molecule has 3 rings (SSSR count). The monoisotopic (exact) mass is 532 g/mol. The predicted octanol–water partition coefficient (Wildman–Crippen LogP) is 5.69. The summed E-state index contributed by atoms with van der Waals surface area (Å²) >= 11 is 5.98. The average molecular weight is 533 g/mol. The molecule has 2 amide bonds. The standard InChI is InChI=1S/C27H31ClF2N4O3/c1-27(2,3)24(34(23(35)15-28)13-7-12-31-26(36)37)25-32-22(20-14-19(29)10-11-21(20)30)17-33(25)16-18-8-5-4-6-9-18/h4-6,8-11,14,17,24,31H,7,12-13,15-16H2,1-3H3,(H,36,37). The minimum atomic E-state index is -1.15. The molecule has 0 saturated carbocycles. The van der Waals surface area contributed by atoms with E-state index in [0.29, 0.717) is 18.8 Å². The topological polar surface area (TPSA) is 87.5 Å². The second-order valence-electron chi connectivity index (χ2n) is 9.80. The molecule has 7 nitrogen and oxygen atoms in total. The van der Waals surface area contributed by atoms with Gasteiger partial charge in [0, 0.05) is 31.4 Å². The predicted molar refractivity (Wildman–Crippen MR) is 138 cm³/mol. The van der Waals surface area contributed by atoms with Crippen molar-refractivity contribution in [1.29, 1.82) is 0 Å². The van der Waals surface area contributed by atoms with E-state index in [-0.39, 0.29) is 36.1 Å². The lowest BCUT2D eigenvalue weighted by atomic mass is 9.84. The molecule has 0 aliphatic rings. The number of imidazole rings is 1. The van der Waals surface area contributed by atoms with E-state index in [4.69, 9.17) is 21.7 Å². The number of hydrogen-bond donors (Lipinski definition) is 2. The number of halogens is 3. The van der Waals surface area contributed by atoms with Crippen LogP contribution in [-0.4, -0.2) is 50.5 Å². The van der Waals surface area contributed by atoms with Crippen molar-refractivity contribution in [3.63, 3.8) is 0 Å². The highest BCUT2D eigenvalue weighted by Gasteiger charge is 2.38. The van der Waals surface area contributed by atoms with Crippen molar-refractivity contribution in [3.8, 4) is 11.3 Å². The summed E-state index contributed by atoms with van der Waals surface area (Å²) in [5.41, 5.74) is 0.671. The summed E-state index contributed by atoms with van der Waals surface area (Å²) in [6.45, 7) is 6.60. The van der Waals surface area contributed by atoms with E-state index >= 15 is 0 Å². The molecule has 0 fully saturated rings. The molecule has 2 N–H and O–H groups in total. The highest BCUT2D eigenvalue weighted by atomic mass is 35.5. The Balaban J connectivity index is 2.13. The smallest absolute Gasteiger partial charge is 0.404 e. The highest BCUT2D eigenvalue weighted by molar-refractivity contribution is 6.27. The fourth-order valence-electron chi connectivity index (χ4n) is 4.29. The SMILES string of the molecule is CC(C)(C)C(c1nc(-c2cc(F)ccc2F)cn1Cc1ccccc1)N(CCCNC(=O)O)C(=O)CCl. The van der Waals surface area contributed by atoms with Crippen LogP contribution in [0.5, 0.6) is 0 Å². The van der Waals surface area contributed by atoms with Gasteiger partial charge in [-0.2, -0.15) is 0 Å². The highest BCUT2D eigenvalue weighted by Crippen LogP contribution is 2.39. The Hall–Kier alpha value is -3.46. The van der Waals surface area contributed by atoms with E-state index < -0.39 is 29.2 Å². The molecule has 3 aromatic rings. The lowest BCUT2D eigenvalue weighted by Gasteiger charge is -2.40. The maximum atomic E-state index is 14.7. The van der Waals surface area contributed by atoms with Crippen LogP contribution < -0.4 is 5.32 Å². The van der Waals surface area contributed by atoms with Crippen molar-refractivity contribution in [3.05, 3.63) is 77.8 Å². The van der Waals surface area contributed by atoms with E-state index in [9.17, 15) is 18.4 Å². The summed E-state index contributed by atoms with van der Waals surface area (Å²) in [4.78, 5) is 30.3. The number of nitrogens with zero attached hydrogens (tertiary/aromatic N) is 3. The Morgan fingerprint density at radius 2 is 1.86 bits per heavy atom. The fraction of sp³-hybridized carbons (Fsp3) is 0.370. The molecule has 2 aromatic carbocycles. The van der Waals surface area contributed by atoms with Gasteiger partial charge in [-0.3, -0.25) is 4.79 Å². The van der Waals surface area contributed by atoms with Gasteiger partial charge in [-0.15, -0.1) is 11.6 Å². The van der Waals surface area contributed by atoms with Gasteiger partial charge in [0.2, 0.25) is 5.91 Å². The first-order valence-corrected chi connectivity index (χ1v) is 12.4. The third kappa shape index (κ3) is 7.29. The molecule has 0 spiro atoms. The molecule has 37 heavy (non-hydrogen) atoms. The van der Waals surface area contributed by atoms with Gasteiger partial charge >= 0.3 is 6.09 Å². The van der Waals surface area contributed by atoms with Crippen LogP contribution in [0.15, 0.2) is 54.7 Å². The van der Waals surface area contributed by atoms with Crippen LogP contribution in [0, 0.1) is 17.0 Å². The van der Waals surface area contributed by atoms with E-state index in [1.807, 2.05) is 55.7 Å². The van der Waals surface area contributed by atoms with Gasteiger partial charge in [-0.25, -0.2) is 18.6 Å². The molecular formula is C27H31ClF2N4O3. The maximum Gasteiger partial charge on any atom is 0.404 e. The second-order valence-corrected chi connectivity index (χ2v) is 10.1. The number of aromatic nitrogens is 2. The first-order valence-electron chi connectivity index (χ1n) is 11.9. The minimum absolute atomic E-state index is 0.0154. The summed E-state index contributed by atoms with van der Waals surface area (Å²) in [5, 5.41) is 11.2. The van der Waals surface area contributed by atoms with E-state index in [2.05, 4.69) is 5.32 Å². The molecule has 1 atom stereocenters. The number of benzene rings is 2. The zero-order valence-electron chi connectivity index (χ0n) is 21.0. The number of carboxylic acid groups (broad SMARTS) is 1. The molecule has 0 saturated heterocycles. The second kappa shape index (κ2) is 12.2. The number of carbonyl (C=O) groups excluding carboxylic acids is 1. The van der Waals surface area contributed by atoms with Crippen molar-refractivity contribution in [2.24, 2.45) is 5.41 Å². The Bertz CT molecular complexity index is 1230. The van der Waals surface area contributed by atoms with Crippen LogP contribution in [0.3, 0.4) is 0 Å². The normalized spacial score (nSPS) is 12.3. The van der Waals surface area contributed by atoms with Crippen LogP contribution in [0.4, 0.5) is 13.6 Å². The summed E-state index contributed by atoms with van der Waals surface area (Å²) < 4.78 is 30.6. The van der Waals surface area contributed by atoms with E-state index in [1.165, 1.54) is 0 Å². The molecular weight excluding hydrogens is 502 g/mol. The van der Waals surface area contributed by atoms with Crippen LogP contribution in [0.2, 0.25) is 0 Å². The average Bonchev–Trinajstić information content (AvgIpc) is 3.24. The van der Waals surface area contributed by atoms with Gasteiger partial charge in [-0.05, 0) is 35.6 Å². The van der Waals surface area contributed by atoms with Gasteiger partial charge in [0.1, 0.15) is 23.3 Å². The largest absolute Gasteiger partial charge is 0.465 e. The van der Waals surface area contributed by atoms with Crippen LogP contribution in [0.1, 0.15) is 44.6 Å². The number of nitrogens with one attached hydrogen (secondary N) is 1. The summed E-state index contributed by atoms with van der Waals surface area (Å²) in [5.74, 6) is -1.33. The maximum absolute atomic E-state index is 14.7. The van der Waals surface area contributed by atoms with E-state index in [1.54, 1.807) is 11.1 Å². The van der Waals surface area contributed by atoms with Crippen LogP contribution in [0.25, 0.3) is 11.3 Å². The molecule has 198 valence electrons. The molecule has 0 aliphatic carbocycles. The van der Waals surface area contributed by atoms with Crippen molar-refractivity contribution < 1.29 is 23.5 Å². The summed E-state index contributed by atoms with van der Waals surface area (Å²) in [6.07, 6.45) is 0.864. The Morgan fingerprint density at radius 3 is 2.49 bits per heavy atom. The molecule has 10 heteroatoms. The third-order valence-corrected chi connectivity index (χ3v) is 6.10. The molecule has 1 unspecified atom stereocenters. The van der Waals surface area contributed by atoms with Crippen molar-refractivity contribution >= 4 is 23.6 Å². The lowest BCUT2D eigenvalue weighted by molar-refractivity contribution is -0.133. The zero-order valence-corrected chi connectivity index (χ0v) is 21.8. The van der Waals surface area contributed by atoms with Gasteiger partial charge in [-0.1, -0.05) is 51.1 Å². The van der Waals surface area contributed by atoms with Gasteiger partial charge < -0.3 is 19.9 Å². The zero-order chi connectivity index (χ0) is 27.2. The molecule has 1 aromatic heterocycles. The Kier molecular flexibility index (Phi) is 9.26. The van der Waals surface area contributed by atoms with Gasteiger partial charge in [0.15, 0.2) is 0 Å². The fourth-order valence-corrected chi connectivity index (χ4v) is 4.45. The van der Waals surface area contributed by atoms with Crippen LogP contribution >= 0.6 is 11.6 Å². The summed E-state index contributed by atoms with van der Waals surface area (Å²) in [6, 6.07) is 12.2. The number of amides is 2. The molecule has 0 aliphatic heterocycles. The van der Waals surface area contributed by atoms with Gasteiger partial charge in [0.05, 0.1) is 11.7 Å². The first-order chi connectivity index (χ1) is 17.5. The number of rotatable bonds is 10. The number of alkyl halides is 1. The lowest BCUT2D eigenvalue weighted by Crippen LogP contribution is -2.44. The van der Waals surface area contributed by atoms with Crippen LogP contribution in [-0.2, 0) is 11.3 Å². The number of carbonyl (C=O) groups is 2. The third-order valence-electron chi connectivity index (χ3n) is 5.87. The first kappa shape index (κ1) is 28.1. The Morgan fingerprint density at radius 1 is 1.16 bits per heavy atom. The summed E-state index contributed by atoms with van der Waals surface area (Å²) in [7, 11) is 0.